The number of likely N-dealkylation sites (tertiary alicyclic amines) is 1. The standard InChI is InChI=1S/C25H32N4O4/c1-32-17-16-28-23(30)25(10-14-27(15-11-25)19-21-4-3-12-26-18-21)29(24(28)31)13-9-20-5-7-22(33-2)8-6-20/h3-8,12,18H,9-11,13-17,19H2,1-2H3. The number of imide groups is 1. The summed E-state index contributed by atoms with van der Waals surface area (Å²) in [6, 6.07) is 11.7. The number of nitrogens with zero attached hydrogens (tertiary/aromatic N) is 4. The van der Waals surface area contributed by atoms with E-state index in [-0.39, 0.29) is 18.5 Å². The number of hydrogen-bond acceptors (Lipinski definition) is 6. The van der Waals surface area contributed by atoms with Crippen LogP contribution in [0.4, 0.5) is 4.79 Å². The Morgan fingerprint density at radius 1 is 1.00 bits per heavy atom. The van der Waals surface area contributed by atoms with Crippen LogP contribution in [0.5, 0.6) is 5.75 Å². The molecule has 0 atom stereocenters. The van der Waals surface area contributed by atoms with Gasteiger partial charge in [-0.1, -0.05) is 18.2 Å². The fourth-order valence-electron chi connectivity index (χ4n) is 4.82. The Morgan fingerprint density at radius 2 is 1.76 bits per heavy atom. The molecule has 3 heterocycles. The molecule has 1 aromatic heterocycles. The molecule has 0 aliphatic carbocycles. The minimum atomic E-state index is -0.775. The number of pyridine rings is 1. The molecular formula is C25H32N4O4. The summed E-state index contributed by atoms with van der Waals surface area (Å²) >= 11 is 0. The molecule has 8 nitrogen and oxygen atoms in total. The van der Waals surface area contributed by atoms with E-state index in [9.17, 15) is 9.59 Å². The van der Waals surface area contributed by atoms with Gasteiger partial charge in [0.05, 0.1) is 20.3 Å². The zero-order valence-electron chi connectivity index (χ0n) is 19.4. The van der Waals surface area contributed by atoms with Crippen LogP contribution in [0, 0.1) is 0 Å². The highest BCUT2D eigenvalue weighted by molar-refractivity contribution is 6.07. The van der Waals surface area contributed by atoms with Crippen LogP contribution in [0.15, 0.2) is 48.8 Å². The third kappa shape index (κ3) is 4.86. The van der Waals surface area contributed by atoms with Gasteiger partial charge in [0.25, 0.3) is 5.91 Å². The third-order valence-corrected chi connectivity index (χ3v) is 6.74. The van der Waals surface area contributed by atoms with Crippen LogP contribution in [-0.2, 0) is 22.5 Å². The van der Waals surface area contributed by atoms with Crippen molar-refractivity contribution in [2.75, 3.05) is 47.0 Å². The van der Waals surface area contributed by atoms with Crippen molar-refractivity contribution < 1.29 is 19.1 Å². The molecule has 8 heteroatoms. The van der Waals surface area contributed by atoms with Gasteiger partial charge >= 0.3 is 6.03 Å². The molecule has 4 rings (SSSR count). The number of carbonyl (C=O) groups excluding carboxylic acids is 2. The molecule has 2 aliphatic rings. The summed E-state index contributed by atoms with van der Waals surface area (Å²) in [6.45, 7) is 3.44. The molecule has 0 N–H and O–H groups in total. The number of rotatable bonds is 9. The lowest BCUT2D eigenvalue weighted by atomic mass is 9.85. The number of amides is 3. The zero-order valence-corrected chi connectivity index (χ0v) is 19.4. The Hall–Kier alpha value is -2.97. The Bertz CT molecular complexity index is 943. The highest BCUT2D eigenvalue weighted by Crippen LogP contribution is 2.37. The highest BCUT2D eigenvalue weighted by Gasteiger charge is 2.57. The average molecular weight is 453 g/mol. The van der Waals surface area contributed by atoms with Crippen LogP contribution < -0.4 is 4.74 Å². The van der Waals surface area contributed by atoms with Gasteiger partial charge in [-0.25, -0.2) is 4.79 Å². The lowest BCUT2D eigenvalue weighted by Gasteiger charge is -2.42. The lowest BCUT2D eigenvalue weighted by molar-refractivity contribution is -0.136. The molecule has 0 radical (unpaired) electrons. The molecule has 2 saturated heterocycles. The molecule has 2 aliphatic heterocycles. The Balaban J connectivity index is 1.48. The van der Waals surface area contributed by atoms with Crippen molar-refractivity contribution in [3.8, 4) is 5.75 Å². The van der Waals surface area contributed by atoms with Crippen LogP contribution in [0.2, 0.25) is 0 Å². The molecule has 3 amide bonds. The molecular weight excluding hydrogens is 420 g/mol. The number of ether oxygens (including phenoxy) is 2. The van der Waals surface area contributed by atoms with E-state index < -0.39 is 5.54 Å². The molecule has 0 bridgehead atoms. The van der Waals surface area contributed by atoms with E-state index >= 15 is 0 Å². The first kappa shape index (κ1) is 23.2. The van der Waals surface area contributed by atoms with E-state index in [1.54, 1.807) is 20.4 Å². The predicted octanol–water partition coefficient (Wildman–Crippen LogP) is 2.58. The second kappa shape index (κ2) is 10.3. The SMILES string of the molecule is COCCN1C(=O)N(CCc2ccc(OC)cc2)C2(CCN(Cc3cccnc3)CC2)C1=O. The summed E-state index contributed by atoms with van der Waals surface area (Å²) in [4.78, 5) is 36.6. The maximum Gasteiger partial charge on any atom is 0.327 e. The van der Waals surface area contributed by atoms with Crippen molar-refractivity contribution in [3.63, 3.8) is 0 Å². The number of benzene rings is 1. The minimum absolute atomic E-state index is 0.0830. The summed E-state index contributed by atoms with van der Waals surface area (Å²) < 4.78 is 10.4. The number of urea groups is 1. The summed E-state index contributed by atoms with van der Waals surface area (Å²) in [6.07, 6.45) is 5.59. The summed E-state index contributed by atoms with van der Waals surface area (Å²) in [5.74, 6) is 0.717. The van der Waals surface area contributed by atoms with Gasteiger partial charge in [0.2, 0.25) is 0 Å². The normalized spacial score (nSPS) is 18.4. The molecule has 33 heavy (non-hydrogen) atoms. The van der Waals surface area contributed by atoms with Crippen molar-refractivity contribution in [2.45, 2.75) is 31.3 Å². The molecule has 2 fully saturated rings. The van der Waals surface area contributed by atoms with Crippen LogP contribution in [0.3, 0.4) is 0 Å². The van der Waals surface area contributed by atoms with Crippen molar-refractivity contribution in [1.29, 1.82) is 0 Å². The van der Waals surface area contributed by atoms with E-state index in [2.05, 4.69) is 16.0 Å². The summed E-state index contributed by atoms with van der Waals surface area (Å²) in [5, 5.41) is 0. The first-order valence-corrected chi connectivity index (χ1v) is 11.4. The molecule has 176 valence electrons. The van der Waals surface area contributed by atoms with Crippen LogP contribution >= 0.6 is 0 Å². The van der Waals surface area contributed by atoms with Crippen LogP contribution in [-0.4, -0.2) is 84.2 Å². The Kier molecular flexibility index (Phi) is 7.25. The van der Waals surface area contributed by atoms with Gasteiger partial charge in [-0.05, 0) is 48.6 Å². The van der Waals surface area contributed by atoms with Gasteiger partial charge in [-0.3, -0.25) is 19.6 Å². The van der Waals surface area contributed by atoms with E-state index in [1.165, 1.54) is 4.90 Å². The molecule has 1 aromatic carbocycles. The molecule has 2 aromatic rings. The fraction of sp³-hybridized carbons (Fsp3) is 0.480. The largest absolute Gasteiger partial charge is 0.497 e. The molecule has 0 saturated carbocycles. The van der Waals surface area contributed by atoms with E-state index in [1.807, 2.05) is 41.4 Å². The zero-order chi connectivity index (χ0) is 23.3. The number of hydrogen-bond donors (Lipinski definition) is 0. The third-order valence-electron chi connectivity index (χ3n) is 6.74. The number of aromatic nitrogens is 1. The second-order valence-electron chi connectivity index (χ2n) is 8.65. The molecule has 0 unspecified atom stereocenters. The molecule has 1 spiro atoms. The monoisotopic (exact) mass is 452 g/mol. The van der Waals surface area contributed by atoms with Crippen molar-refractivity contribution in [2.24, 2.45) is 0 Å². The maximum absolute atomic E-state index is 13.5. The van der Waals surface area contributed by atoms with Crippen LogP contribution in [0.25, 0.3) is 0 Å². The highest BCUT2D eigenvalue weighted by atomic mass is 16.5. The van der Waals surface area contributed by atoms with Crippen molar-refractivity contribution >= 4 is 11.9 Å². The predicted molar refractivity (Wildman–Crippen MR) is 124 cm³/mol. The van der Waals surface area contributed by atoms with Crippen LogP contribution in [0.1, 0.15) is 24.0 Å². The van der Waals surface area contributed by atoms with Crippen molar-refractivity contribution in [3.05, 3.63) is 59.9 Å². The van der Waals surface area contributed by atoms with E-state index in [4.69, 9.17) is 9.47 Å². The summed E-state index contributed by atoms with van der Waals surface area (Å²) in [7, 11) is 3.22. The van der Waals surface area contributed by atoms with E-state index in [0.29, 0.717) is 32.4 Å². The van der Waals surface area contributed by atoms with Gasteiger partial charge < -0.3 is 14.4 Å². The topological polar surface area (TPSA) is 75.2 Å². The minimum Gasteiger partial charge on any atom is -0.497 e. The quantitative estimate of drug-likeness (QED) is 0.545. The number of carbonyl (C=O) groups is 2. The fourth-order valence-corrected chi connectivity index (χ4v) is 4.82. The number of piperidine rings is 1. The van der Waals surface area contributed by atoms with E-state index in [0.717, 1.165) is 36.5 Å². The Labute approximate surface area is 195 Å². The first-order chi connectivity index (χ1) is 16.1. The van der Waals surface area contributed by atoms with Gasteiger partial charge in [0.1, 0.15) is 11.3 Å². The smallest absolute Gasteiger partial charge is 0.327 e. The number of methoxy groups -OCH3 is 2. The first-order valence-electron chi connectivity index (χ1n) is 11.4. The Morgan fingerprint density at radius 3 is 2.39 bits per heavy atom. The van der Waals surface area contributed by atoms with Gasteiger partial charge in [-0.15, -0.1) is 0 Å². The second-order valence-corrected chi connectivity index (χ2v) is 8.65. The van der Waals surface area contributed by atoms with Crippen molar-refractivity contribution in [1.82, 2.24) is 19.7 Å². The maximum atomic E-state index is 13.5. The summed E-state index contributed by atoms with van der Waals surface area (Å²) in [5.41, 5.74) is 1.49. The lowest BCUT2D eigenvalue weighted by Crippen LogP contribution is -2.56. The van der Waals surface area contributed by atoms with Gasteiger partial charge in [0, 0.05) is 45.7 Å². The van der Waals surface area contributed by atoms with Gasteiger partial charge in [0.15, 0.2) is 0 Å². The average Bonchev–Trinajstić information content (AvgIpc) is 3.04. The van der Waals surface area contributed by atoms with Gasteiger partial charge in [-0.2, -0.15) is 0 Å².